The summed E-state index contributed by atoms with van der Waals surface area (Å²) < 4.78 is 0. The molecule has 0 spiro atoms. The fraction of sp³-hybridized carbons (Fsp3) is 0.462. The average molecular weight is 244 g/mol. The number of primary amides is 1. The maximum absolute atomic E-state index is 11.2. The molecule has 0 saturated heterocycles. The minimum absolute atomic E-state index is 0.159. The lowest BCUT2D eigenvalue weighted by Gasteiger charge is -2.28. The summed E-state index contributed by atoms with van der Waals surface area (Å²) in [4.78, 5) is 17.4. The van der Waals surface area contributed by atoms with E-state index in [0.29, 0.717) is 17.4 Å². The highest BCUT2D eigenvalue weighted by Crippen LogP contribution is 2.27. The van der Waals surface area contributed by atoms with Gasteiger partial charge in [-0.3, -0.25) is 4.79 Å². The van der Waals surface area contributed by atoms with Crippen molar-refractivity contribution in [1.29, 1.82) is 5.26 Å². The first-order chi connectivity index (χ1) is 8.70. The normalized spacial score (nSPS) is 15.3. The third kappa shape index (κ3) is 2.77. The zero-order valence-corrected chi connectivity index (χ0v) is 10.2. The van der Waals surface area contributed by atoms with E-state index in [1.54, 1.807) is 18.3 Å². The van der Waals surface area contributed by atoms with Crippen LogP contribution in [-0.2, 0) is 4.79 Å². The number of carbonyl (C=O) groups excluding carboxylic acids is 1. The SMILES string of the molecule is N#Cc1ccnc(N(CC(N)=O)C2CCCC2)c1. The van der Waals surface area contributed by atoms with Crippen LogP contribution >= 0.6 is 0 Å². The van der Waals surface area contributed by atoms with Crippen LogP contribution in [0.15, 0.2) is 18.3 Å². The van der Waals surface area contributed by atoms with Crippen LogP contribution < -0.4 is 10.6 Å². The number of amides is 1. The smallest absolute Gasteiger partial charge is 0.237 e. The van der Waals surface area contributed by atoms with Gasteiger partial charge in [0.2, 0.25) is 5.91 Å². The van der Waals surface area contributed by atoms with E-state index < -0.39 is 0 Å². The molecule has 1 aliphatic carbocycles. The number of nitrogens with zero attached hydrogens (tertiary/aromatic N) is 3. The van der Waals surface area contributed by atoms with Crippen molar-refractivity contribution >= 4 is 11.7 Å². The molecule has 1 aliphatic rings. The van der Waals surface area contributed by atoms with Crippen LogP contribution in [-0.4, -0.2) is 23.5 Å². The monoisotopic (exact) mass is 244 g/mol. The Hall–Kier alpha value is -2.09. The van der Waals surface area contributed by atoms with Crippen molar-refractivity contribution in [3.63, 3.8) is 0 Å². The number of hydrogen-bond acceptors (Lipinski definition) is 4. The highest BCUT2D eigenvalue weighted by Gasteiger charge is 2.25. The lowest BCUT2D eigenvalue weighted by atomic mass is 10.2. The van der Waals surface area contributed by atoms with E-state index in [1.165, 1.54) is 0 Å². The number of hydrogen-bond donors (Lipinski definition) is 1. The van der Waals surface area contributed by atoms with Crippen molar-refractivity contribution in [1.82, 2.24) is 4.98 Å². The zero-order valence-electron chi connectivity index (χ0n) is 10.2. The molecule has 5 heteroatoms. The van der Waals surface area contributed by atoms with Gasteiger partial charge in [0.1, 0.15) is 5.82 Å². The van der Waals surface area contributed by atoms with E-state index in [-0.39, 0.29) is 12.5 Å². The van der Waals surface area contributed by atoms with Gasteiger partial charge in [-0.25, -0.2) is 4.98 Å². The van der Waals surface area contributed by atoms with Crippen LogP contribution in [0.1, 0.15) is 31.2 Å². The van der Waals surface area contributed by atoms with Crippen LogP contribution in [0, 0.1) is 11.3 Å². The zero-order chi connectivity index (χ0) is 13.0. The Balaban J connectivity index is 2.26. The number of rotatable bonds is 4. The van der Waals surface area contributed by atoms with Gasteiger partial charge in [-0.1, -0.05) is 12.8 Å². The van der Waals surface area contributed by atoms with Gasteiger partial charge in [0.15, 0.2) is 0 Å². The van der Waals surface area contributed by atoms with Gasteiger partial charge in [0.05, 0.1) is 18.2 Å². The van der Waals surface area contributed by atoms with E-state index in [2.05, 4.69) is 11.1 Å². The lowest BCUT2D eigenvalue weighted by Crippen LogP contribution is -2.40. The van der Waals surface area contributed by atoms with E-state index >= 15 is 0 Å². The number of aromatic nitrogens is 1. The van der Waals surface area contributed by atoms with Gasteiger partial charge in [0, 0.05) is 12.2 Å². The van der Waals surface area contributed by atoms with Crippen molar-refractivity contribution in [2.75, 3.05) is 11.4 Å². The molecule has 0 aromatic carbocycles. The second-order valence-electron chi connectivity index (χ2n) is 4.55. The number of anilines is 1. The molecule has 1 fully saturated rings. The van der Waals surface area contributed by atoms with Crippen LogP contribution in [0.4, 0.5) is 5.82 Å². The number of nitrogens with two attached hydrogens (primary N) is 1. The van der Waals surface area contributed by atoms with Gasteiger partial charge in [-0.15, -0.1) is 0 Å². The summed E-state index contributed by atoms with van der Waals surface area (Å²) in [6, 6.07) is 5.75. The molecule has 0 unspecified atom stereocenters. The number of pyridine rings is 1. The summed E-state index contributed by atoms with van der Waals surface area (Å²) in [5, 5.41) is 8.90. The summed E-state index contributed by atoms with van der Waals surface area (Å²) >= 11 is 0. The fourth-order valence-corrected chi connectivity index (χ4v) is 2.43. The molecule has 2 rings (SSSR count). The molecule has 0 atom stereocenters. The number of carbonyl (C=O) groups is 1. The highest BCUT2D eigenvalue weighted by molar-refractivity contribution is 5.79. The van der Waals surface area contributed by atoms with Crippen molar-refractivity contribution in [3.8, 4) is 6.07 Å². The molecule has 0 aliphatic heterocycles. The molecule has 2 N–H and O–H groups in total. The van der Waals surface area contributed by atoms with E-state index in [0.717, 1.165) is 25.7 Å². The Bertz CT molecular complexity index is 474. The van der Waals surface area contributed by atoms with Crippen LogP contribution in [0.2, 0.25) is 0 Å². The average Bonchev–Trinajstić information content (AvgIpc) is 2.89. The second kappa shape index (κ2) is 5.50. The highest BCUT2D eigenvalue weighted by atomic mass is 16.1. The molecule has 1 heterocycles. The molecule has 1 amide bonds. The molecule has 5 nitrogen and oxygen atoms in total. The van der Waals surface area contributed by atoms with E-state index in [9.17, 15) is 4.79 Å². The summed E-state index contributed by atoms with van der Waals surface area (Å²) in [7, 11) is 0. The van der Waals surface area contributed by atoms with Crippen LogP contribution in [0.5, 0.6) is 0 Å². The Morgan fingerprint density at radius 3 is 2.89 bits per heavy atom. The van der Waals surface area contributed by atoms with E-state index in [1.807, 2.05) is 4.90 Å². The Kier molecular flexibility index (Phi) is 3.78. The third-order valence-electron chi connectivity index (χ3n) is 3.26. The first kappa shape index (κ1) is 12.4. The third-order valence-corrected chi connectivity index (χ3v) is 3.26. The molecule has 94 valence electrons. The minimum Gasteiger partial charge on any atom is -0.368 e. The quantitative estimate of drug-likeness (QED) is 0.862. The van der Waals surface area contributed by atoms with Crippen molar-refractivity contribution in [2.45, 2.75) is 31.7 Å². The maximum Gasteiger partial charge on any atom is 0.237 e. The van der Waals surface area contributed by atoms with Gasteiger partial charge in [0.25, 0.3) is 0 Å². The Labute approximate surface area is 106 Å². The Morgan fingerprint density at radius 1 is 1.56 bits per heavy atom. The first-order valence-corrected chi connectivity index (χ1v) is 6.12. The summed E-state index contributed by atoms with van der Waals surface area (Å²) in [6.07, 6.45) is 6.02. The number of nitriles is 1. The second-order valence-corrected chi connectivity index (χ2v) is 4.55. The van der Waals surface area contributed by atoms with Crippen molar-refractivity contribution < 1.29 is 4.79 Å². The summed E-state index contributed by atoms with van der Waals surface area (Å²) in [6.45, 7) is 0.159. The molecule has 1 aromatic heterocycles. The molecule has 1 saturated carbocycles. The largest absolute Gasteiger partial charge is 0.368 e. The summed E-state index contributed by atoms with van der Waals surface area (Å²) in [5.74, 6) is 0.297. The molecule has 0 radical (unpaired) electrons. The molecule has 0 bridgehead atoms. The van der Waals surface area contributed by atoms with Crippen LogP contribution in [0.3, 0.4) is 0 Å². The topological polar surface area (TPSA) is 83.0 Å². The Morgan fingerprint density at radius 2 is 2.28 bits per heavy atom. The molecule has 1 aromatic rings. The predicted octanol–water partition coefficient (Wildman–Crippen LogP) is 1.19. The van der Waals surface area contributed by atoms with Gasteiger partial charge in [-0.2, -0.15) is 5.26 Å². The molecular formula is C13H16N4O. The molecular weight excluding hydrogens is 228 g/mol. The van der Waals surface area contributed by atoms with Crippen molar-refractivity contribution in [2.24, 2.45) is 5.73 Å². The maximum atomic E-state index is 11.2. The van der Waals surface area contributed by atoms with Crippen molar-refractivity contribution in [3.05, 3.63) is 23.9 Å². The van der Waals surface area contributed by atoms with Gasteiger partial charge >= 0.3 is 0 Å². The summed E-state index contributed by atoms with van der Waals surface area (Å²) in [5.41, 5.74) is 5.84. The van der Waals surface area contributed by atoms with Gasteiger partial charge < -0.3 is 10.6 Å². The first-order valence-electron chi connectivity index (χ1n) is 6.12. The van der Waals surface area contributed by atoms with E-state index in [4.69, 9.17) is 11.0 Å². The fourth-order valence-electron chi connectivity index (χ4n) is 2.43. The molecule has 18 heavy (non-hydrogen) atoms. The predicted molar refractivity (Wildman–Crippen MR) is 67.7 cm³/mol. The lowest BCUT2D eigenvalue weighted by molar-refractivity contribution is -0.116. The van der Waals surface area contributed by atoms with Crippen LogP contribution in [0.25, 0.3) is 0 Å². The minimum atomic E-state index is -0.369. The van der Waals surface area contributed by atoms with Gasteiger partial charge in [-0.05, 0) is 25.0 Å². The standard InChI is InChI=1S/C13H16N4O/c14-8-10-5-6-16-13(7-10)17(9-12(15)18)11-3-1-2-4-11/h5-7,11H,1-4,9H2,(H2,15,18).